The van der Waals surface area contributed by atoms with Crippen molar-refractivity contribution in [2.24, 2.45) is 0 Å². The molecule has 1 fully saturated rings. The van der Waals surface area contributed by atoms with E-state index < -0.39 is 0 Å². The summed E-state index contributed by atoms with van der Waals surface area (Å²) in [6.07, 6.45) is 8.21. The van der Waals surface area contributed by atoms with Crippen LogP contribution in [0.3, 0.4) is 0 Å². The number of carbonyl (C=O) groups is 1. The van der Waals surface area contributed by atoms with E-state index in [1.165, 1.54) is 24.6 Å². The highest BCUT2D eigenvalue weighted by Crippen LogP contribution is 2.26. The smallest absolute Gasteiger partial charge is 0.230 e. The summed E-state index contributed by atoms with van der Waals surface area (Å²) >= 11 is 1.47. The first-order valence-corrected chi connectivity index (χ1v) is 9.60. The molecule has 0 saturated heterocycles. The third-order valence-electron chi connectivity index (χ3n) is 4.48. The minimum absolute atomic E-state index is 0.0866. The van der Waals surface area contributed by atoms with Gasteiger partial charge in [0.2, 0.25) is 5.91 Å². The van der Waals surface area contributed by atoms with Gasteiger partial charge in [-0.25, -0.2) is 9.50 Å². The van der Waals surface area contributed by atoms with E-state index >= 15 is 0 Å². The average Bonchev–Trinajstić information content (AvgIpc) is 3.30. The van der Waals surface area contributed by atoms with Crippen molar-refractivity contribution in [3.8, 4) is 11.3 Å². The van der Waals surface area contributed by atoms with Crippen LogP contribution in [-0.4, -0.2) is 32.3 Å². The molecule has 25 heavy (non-hydrogen) atoms. The molecule has 1 aliphatic rings. The molecule has 4 rings (SSSR count). The fourth-order valence-corrected chi connectivity index (χ4v) is 4.02. The Bertz CT molecular complexity index is 872. The predicted octanol–water partition coefficient (Wildman–Crippen LogP) is 3.55. The summed E-state index contributed by atoms with van der Waals surface area (Å²) < 4.78 is 1.83. The molecule has 0 bridgehead atoms. The Balaban J connectivity index is 1.49. The van der Waals surface area contributed by atoms with Crippen LogP contribution in [0.25, 0.3) is 16.8 Å². The van der Waals surface area contributed by atoms with Gasteiger partial charge in [0.25, 0.3) is 0 Å². The monoisotopic (exact) mass is 352 g/mol. The highest BCUT2D eigenvalue weighted by Gasteiger charge is 2.17. The molecule has 128 valence electrons. The molecule has 2 heterocycles. The molecule has 0 radical (unpaired) electrons. The third-order valence-corrected chi connectivity index (χ3v) is 5.48. The molecule has 2 aromatic heterocycles. The van der Waals surface area contributed by atoms with Crippen molar-refractivity contribution in [2.45, 2.75) is 36.8 Å². The van der Waals surface area contributed by atoms with Crippen molar-refractivity contribution in [3.63, 3.8) is 0 Å². The molecule has 0 aliphatic heterocycles. The highest BCUT2D eigenvalue weighted by atomic mass is 32.2. The van der Waals surface area contributed by atoms with Crippen LogP contribution in [0.1, 0.15) is 25.7 Å². The van der Waals surface area contributed by atoms with E-state index in [0.717, 1.165) is 34.6 Å². The van der Waals surface area contributed by atoms with E-state index in [9.17, 15) is 4.79 Å². The molecule has 6 heteroatoms. The lowest BCUT2D eigenvalue weighted by atomic mass is 10.1. The van der Waals surface area contributed by atoms with Gasteiger partial charge in [0, 0.05) is 24.0 Å². The van der Waals surface area contributed by atoms with Crippen LogP contribution in [0.15, 0.2) is 53.8 Å². The molecule has 0 atom stereocenters. The van der Waals surface area contributed by atoms with Gasteiger partial charge in [0.15, 0.2) is 0 Å². The molecule has 0 unspecified atom stereocenters. The molecule has 1 saturated carbocycles. The number of fused-ring (bicyclic) bond motifs is 1. The molecule has 1 amide bonds. The van der Waals surface area contributed by atoms with E-state index in [-0.39, 0.29) is 5.91 Å². The summed E-state index contributed by atoms with van der Waals surface area (Å²) in [5.41, 5.74) is 2.91. The number of benzene rings is 1. The number of thioether (sulfide) groups is 1. The minimum atomic E-state index is 0.0866. The highest BCUT2D eigenvalue weighted by molar-refractivity contribution is 8.00. The first-order valence-electron chi connectivity index (χ1n) is 8.61. The molecule has 1 aromatic carbocycles. The van der Waals surface area contributed by atoms with E-state index in [2.05, 4.69) is 15.4 Å². The van der Waals surface area contributed by atoms with Crippen LogP contribution in [0, 0.1) is 0 Å². The Morgan fingerprint density at radius 1 is 1.24 bits per heavy atom. The lowest BCUT2D eigenvalue weighted by Gasteiger charge is -2.11. The third kappa shape index (κ3) is 3.69. The molecule has 0 spiro atoms. The molecule has 1 N–H and O–H groups in total. The van der Waals surface area contributed by atoms with Crippen LogP contribution < -0.4 is 5.32 Å². The second-order valence-electron chi connectivity index (χ2n) is 6.30. The zero-order valence-electron chi connectivity index (χ0n) is 13.9. The topological polar surface area (TPSA) is 59.3 Å². The first-order chi connectivity index (χ1) is 12.3. The number of hydrogen-bond donors (Lipinski definition) is 1. The number of hydrogen-bond acceptors (Lipinski definition) is 4. The Kier molecular flexibility index (Phi) is 4.70. The van der Waals surface area contributed by atoms with Gasteiger partial charge in [0.05, 0.1) is 17.0 Å². The fourth-order valence-electron chi connectivity index (χ4n) is 3.23. The van der Waals surface area contributed by atoms with E-state index in [4.69, 9.17) is 0 Å². The predicted molar refractivity (Wildman–Crippen MR) is 99.5 cm³/mol. The van der Waals surface area contributed by atoms with Crippen LogP contribution in [-0.2, 0) is 4.79 Å². The van der Waals surface area contributed by atoms with Crippen molar-refractivity contribution < 1.29 is 4.79 Å². The molecule has 5 nitrogen and oxygen atoms in total. The largest absolute Gasteiger partial charge is 0.353 e. The number of nitrogens with one attached hydrogen (secondary N) is 1. The zero-order valence-corrected chi connectivity index (χ0v) is 14.7. The van der Waals surface area contributed by atoms with Crippen LogP contribution in [0.5, 0.6) is 0 Å². The molecular formula is C19H20N4OS. The fraction of sp³-hybridized carbons (Fsp3) is 0.316. The number of nitrogens with zero attached hydrogens (tertiary/aromatic N) is 3. The van der Waals surface area contributed by atoms with E-state index in [1.807, 2.05) is 47.1 Å². The molecule has 1 aliphatic carbocycles. The zero-order chi connectivity index (χ0) is 17.1. The van der Waals surface area contributed by atoms with Gasteiger partial charge < -0.3 is 5.32 Å². The van der Waals surface area contributed by atoms with E-state index in [0.29, 0.717) is 11.8 Å². The second kappa shape index (κ2) is 7.27. The number of carbonyl (C=O) groups excluding carboxylic acids is 1. The maximum atomic E-state index is 12.2. The number of rotatable bonds is 5. The quantitative estimate of drug-likeness (QED) is 0.714. The van der Waals surface area contributed by atoms with E-state index in [1.54, 1.807) is 6.20 Å². The van der Waals surface area contributed by atoms with Gasteiger partial charge in [-0.15, -0.1) is 0 Å². The summed E-state index contributed by atoms with van der Waals surface area (Å²) in [6.45, 7) is 0. The maximum Gasteiger partial charge on any atom is 0.230 e. The Morgan fingerprint density at radius 3 is 2.84 bits per heavy atom. The van der Waals surface area contributed by atoms with Gasteiger partial charge >= 0.3 is 0 Å². The second-order valence-corrected chi connectivity index (χ2v) is 7.26. The lowest BCUT2D eigenvalue weighted by molar-refractivity contribution is -0.119. The van der Waals surface area contributed by atoms with Crippen LogP contribution in [0.2, 0.25) is 0 Å². The van der Waals surface area contributed by atoms with Gasteiger partial charge in [-0.2, -0.15) is 5.10 Å². The normalized spacial score (nSPS) is 14.9. The number of amides is 1. The van der Waals surface area contributed by atoms with Gasteiger partial charge in [-0.05, 0) is 18.9 Å². The standard InChI is InChI=1S/C19H20N4OS/c24-18(21-15-8-4-5-9-15)13-25-19-17-12-16(14-6-2-1-3-7-14)22-23(17)11-10-20-19/h1-3,6-7,10-12,15H,4-5,8-9,13H2,(H,21,24). The SMILES string of the molecule is O=C(CSc1nccn2nc(-c3ccccc3)cc12)NC1CCCC1. The van der Waals surface area contributed by atoms with Crippen molar-refractivity contribution >= 4 is 23.2 Å². The minimum Gasteiger partial charge on any atom is -0.353 e. The van der Waals surface area contributed by atoms with Crippen molar-refractivity contribution in [1.82, 2.24) is 19.9 Å². The summed E-state index contributed by atoms with van der Waals surface area (Å²) in [7, 11) is 0. The number of aromatic nitrogens is 3. The Labute approximate surface area is 150 Å². The van der Waals surface area contributed by atoms with Crippen LogP contribution >= 0.6 is 11.8 Å². The molecule has 3 aromatic rings. The maximum absolute atomic E-state index is 12.2. The van der Waals surface area contributed by atoms with Crippen molar-refractivity contribution in [1.29, 1.82) is 0 Å². The Hall–Kier alpha value is -2.34. The van der Waals surface area contributed by atoms with Gasteiger partial charge in [-0.1, -0.05) is 54.9 Å². The lowest BCUT2D eigenvalue weighted by Crippen LogP contribution is -2.33. The average molecular weight is 352 g/mol. The van der Waals surface area contributed by atoms with Crippen molar-refractivity contribution in [3.05, 3.63) is 48.8 Å². The van der Waals surface area contributed by atoms with Gasteiger partial charge in [0.1, 0.15) is 5.03 Å². The van der Waals surface area contributed by atoms with Crippen LogP contribution in [0.4, 0.5) is 0 Å². The summed E-state index contributed by atoms with van der Waals surface area (Å²) in [6, 6.07) is 12.5. The summed E-state index contributed by atoms with van der Waals surface area (Å²) in [5, 5.41) is 8.57. The Morgan fingerprint density at radius 2 is 2.04 bits per heavy atom. The summed E-state index contributed by atoms with van der Waals surface area (Å²) in [5.74, 6) is 0.471. The first kappa shape index (κ1) is 16.1. The molecular weight excluding hydrogens is 332 g/mol. The van der Waals surface area contributed by atoms with Crippen molar-refractivity contribution in [2.75, 3.05) is 5.75 Å². The van der Waals surface area contributed by atoms with Gasteiger partial charge in [-0.3, -0.25) is 4.79 Å². The summed E-state index contributed by atoms with van der Waals surface area (Å²) in [4.78, 5) is 16.6.